The predicted octanol–water partition coefficient (Wildman–Crippen LogP) is 3.64. The number of hydrogen-bond donors (Lipinski definition) is 0. The van der Waals surface area contributed by atoms with E-state index in [-0.39, 0.29) is 0 Å². The molecule has 3 nitrogen and oxygen atoms in total. The molecule has 4 heteroatoms. The zero-order valence-corrected chi connectivity index (χ0v) is 12.3. The summed E-state index contributed by atoms with van der Waals surface area (Å²) >= 11 is 5.95. The summed E-state index contributed by atoms with van der Waals surface area (Å²) in [7, 11) is 2.03. The van der Waals surface area contributed by atoms with Gasteiger partial charge in [0.15, 0.2) is 0 Å². The van der Waals surface area contributed by atoms with Crippen molar-refractivity contribution in [3.05, 3.63) is 52.6 Å². The van der Waals surface area contributed by atoms with Gasteiger partial charge in [0.1, 0.15) is 11.0 Å². The van der Waals surface area contributed by atoms with Crippen LogP contribution in [0.5, 0.6) is 0 Å². The minimum absolute atomic E-state index is 0.497. The third-order valence-electron chi connectivity index (χ3n) is 3.03. The van der Waals surface area contributed by atoms with E-state index in [1.165, 1.54) is 5.56 Å². The van der Waals surface area contributed by atoms with Gasteiger partial charge in [0.25, 0.3) is 0 Å². The lowest BCUT2D eigenvalue weighted by Gasteiger charge is -2.18. The standard InChI is InChI=1S/C15H18ClN3/c1-4-12-5-7-13(8-6-12)19(3)10-15-17-11(2)9-14(16)18-15/h5-9H,4,10H2,1-3H3. The van der Waals surface area contributed by atoms with E-state index in [1.54, 1.807) is 6.07 Å². The number of aromatic nitrogens is 2. The van der Waals surface area contributed by atoms with Gasteiger partial charge >= 0.3 is 0 Å². The van der Waals surface area contributed by atoms with Crippen LogP contribution in [0.25, 0.3) is 0 Å². The number of anilines is 1. The van der Waals surface area contributed by atoms with Gasteiger partial charge in [0.05, 0.1) is 6.54 Å². The number of rotatable bonds is 4. The van der Waals surface area contributed by atoms with Crippen molar-refractivity contribution in [2.24, 2.45) is 0 Å². The Bertz CT molecular complexity index is 532. The van der Waals surface area contributed by atoms with Crippen LogP contribution < -0.4 is 4.90 Å². The monoisotopic (exact) mass is 275 g/mol. The van der Waals surface area contributed by atoms with E-state index < -0.39 is 0 Å². The Morgan fingerprint density at radius 1 is 1.16 bits per heavy atom. The Morgan fingerprint density at radius 2 is 1.84 bits per heavy atom. The molecule has 1 aromatic heterocycles. The van der Waals surface area contributed by atoms with Crippen LogP contribution in [-0.2, 0) is 13.0 Å². The maximum Gasteiger partial charge on any atom is 0.149 e. The fourth-order valence-electron chi connectivity index (χ4n) is 1.95. The van der Waals surface area contributed by atoms with Gasteiger partial charge in [-0.2, -0.15) is 0 Å². The average Bonchev–Trinajstić information content (AvgIpc) is 2.37. The van der Waals surface area contributed by atoms with Crippen LogP contribution in [0.4, 0.5) is 5.69 Å². The summed E-state index contributed by atoms with van der Waals surface area (Å²) in [6.45, 7) is 4.72. The number of nitrogens with zero attached hydrogens (tertiary/aromatic N) is 3. The second-order valence-corrected chi connectivity index (χ2v) is 5.01. The molecule has 2 aromatic rings. The van der Waals surface area contributed by atoms with Gasteiger partial charge in [-0.25, -0.2) is 9.97 Å². The van der Waals surface area contributed by atoms with Gasteiger partial charge in [-0.15, -0.1) is 0 Å². The van der Waals surface area contributed by atoms with E-state index in [9.17, 15) is 0 Å². The molecular weight excluding hydrogens is 258 g/mol. The lowest BCUT2D eigenvalue weighted by Crippen LogP contribution is -2.18. The number of hydrogen-bond acceptors (Lipinski definition) is 3. The van der Waals surface area contributed by atoms with Crippen LogP contribution in [-0.4, -0.2) is 17.0 Å². The van der Waals surface area contributed by atoms with Gasteiger partial charge < -0.3 is 4.90 Å². The molecule has 0 atom stereocenters. The molecule has 0 spiro atoms. The van der Waals surface area contributed by atoms with E-state index >= 15 is 0 Å². The van der Waals surface area contributed by atoms with E-state index in [4.69, 9.17) is 11.6 Å². The normalized spacial score (nSPS) is 10.5. The molecule has 0 unspecified atom stereocenters. The summed E-state index contributed by atoms with van der Waals surface area (Å²) in [5.41, 5.74) is 3.38. The third-order valence-corrected chi connectivity index (χ3v) is 3.23. The SMILES string of the molecule is CCc1ccc(N(C)Cc2nc(C)cc(Cl)n2)cc1. The van der Waals surface area contributed by atoms with Gasteiger partial charge in [0.2, 0.25) is 0 Å². The zero-order chi connectivity index (χ0) is 13.8. The van der Waals surface area contributed by atoms with Gasteiger partial charge in [-0.3, -0.25) is 0 Å². The third kappa shape index (κ3) is 3.67. The van der Waals surface area contributed by atoms with Crippen molar-refractivity contribution in [2.45, 2.75) is 26.8 Å². The Kier molecular flexibility index (Phi) is 4.38. The molecule has 0 saturated heterocycles. The van der Waals surface area contributed by atoms with Crippen LogP contribution in [0.2, 0.25) is 5.15 Å². The molecule has 0 saturated carbocycles. The average molecular weight is 276 g/mol. The first-order chi connectivity index (χ1) is 9.08. The molecule has 0 aliphatic heterocycles. The van der Waals surface area contributed by atoms with Crippen molar-refractivity contribution in [1.82, 2.24) is 9.97 Å². The smallest absolute Gasteiger partial charge is 0.149 e. The highest BCUT2D eigenvalue weighted by Crippen LogP contribution is 2.16. The molecule has 0 radical (unpaired) electrons. The van der Waals surface area contributed by atoms with Crippen LogP contribution in [0.15, 0.2) is 30.3 Å². The second-order valence-electron chi connectivity index (χ2n) is 4.62. The molecule has 0 N–H and O–H groups in total. The first-order valence-corrected chi connectivity index (χ1v) is 6.76. The Morgan fingerprint density at radius 3 is 2.42 bits per heavy atom. The molecule has 1 aromatic carbocycles. The summed E-state index contributed by atoms with van der Waals surface area (Å²) in [6.07, 6.45) is 1.06. The van der Waals surface area contributed by atoms with Crippen molar-refractivity contribution < 1.29 is 0 Å². The molecule has 0 amide bonds. The summed E-state index contributed by atoms with van der Waals surface area (Å²) in [4.78, 5) is 10.8. The highest BCUT2D eigenvalue weighted by atomic mass is 35.5. The largest absolute Gasteiger partial charge is 0.367 e. The van der Waals surface area contributed by atoms with E-state index in [0.29, 0.717) is 11.7 Å². The Labute approximate surface area is 119 Å². The van der Waals surface area contributed by atoms with Crippen molar-refractivity contribution in [1.29, 1.82) is 0 Å². The minimum Gasteiger partial charge on any atom is -0.367 e. The van der Waals surface area contributed by atoms with E-state index in [1.807, 2.05) is 14.0 Å². The molecular formula is C15H18ClN3. The molecule has 1 heterocycles. The lowest BCUT2D eigenvalue weighted by atomic mass is 10.1. The van der Waals surface area contributed by atoms with Crippen molar-refractivity contribution >= 4 is 17.3 Å². The maximum atomic E-state index is 5.95. The molecule has 19 heavy (non-hydrogen) atoms. The molecule has 0 fully saturated rings. The van der Waals surface area contributed by atoms with Crippen LogP contribution in [0.3, 0.4) is 0 Å². The maximum absolute atomic E-state index is 5.95. The lowest BCUT2D eigenvalue weighted by molar-refractivity contribution is 0.828. The molecule has 0 bridgehead atoms. The van der Waals surface area contributed by atoms with Crippen molar-refractivity contribution in [2.75, 3.05) is 11.9 Å². The van der Waals surface area contributed by atoms with Gasteiger partial charge in [-0.05, 0) is 37.1 Å². The molecule has 100 valence electrons. The van der Waals surface area contributed by atoms with E-state index in [0.717, 1.165) is 23.6 Å². The number of aryl methyl sites for hydroxylation is 2. The van der Waals surface area contributed by atoms with Crippen LogP contribution >= 0.6 is 11.6 Å². The fraction of sp³-hybridized carbons (Fsp3) is 0.333. The first-order valence-electron chi connectivity index (χ1n) is 6.38. The van der Waals surface area contributed by atoms with E-state index in [2.05, 4.69) is 46.1 Å². The fourth-order valence-corrected chi connectivity index (χ4v) is 2.20. The first kappa shape index (κ1) is 13.8. The molecule has 0 aliphatic carbocycles. The van der Waals surface area contributed by atoms with Gasteiger partial charge in [0, 0.05) is 18.4 Å². The van der Waals surface area contributed by atoms with Crippen LogP contribution in [0, 0.1) is 6.92 Å². The highest BCUT2D eigenvalue weighted by Gasteiger charge is 2.06. The minimum atomic E-state index is 0.497. The van der Waals surface area contributed by atoms with Crippen molar-refractivity contribution in [3.8, 4) is 0 Å². The summed E-state index contributed by atoms with van der Waals surface area (Å²) in [5.74, 6) is 0.743. The summed E-state index contributed by atoms with van der Waals surface area (Å²) in [6, 6.07) is 10.3. The van der Waals surface area contributed by atoms with Crippen molar-refractivity contribution in [3.63, 3.8) is 0 Å². The topological polar surface area (TPSA) is 29.0 Å². The predicted molar refractivity (Wildman–Crippen MR) is 79.7 cm³/mol. The zero-order valence-electron chi connectivity index (χ0n) is 11.5. The summed E-state index contributed by atoms with van der Waals surface area (Å²) in [5, 5.41) is 0.497. The quantitative estimate of drug-likeness (QED) is 0.798. The Balaban J connectivity index is 2.13. The number of halogens is 1. The highest BCUT2D eigenvalue weighted by molar-refractivity contribution is 6.29. The summed E-state index contributed by atoms with van der Waals surface area (Å²) < 4.78 is 0. The number of benzene rings is 1. The molecule has 0 aliphatic rings. The van der Waals surface area contributed by atoms with Gasteiger partial charge in [-0.1, -0.05) is 30.7 Å². The Hall–Kier alpha value is -1.61. The molecule has 2 rings (SSSR count). The van der Waals surface area contributed by atoms with Crippen LogP contribution in [0.1, 0.15) is 24.0 Å². The second kappa shape index (κ2) is 6.02.